The van der Waals surface area contributed by atoms with E-state index in [4.69, 9.17) is 10.5 Å². The van der Waals surface area contributed by atoms with E-state index in [9.17, 15) is 13.6 Å². The second-order valence-electron chi connectivity index (χ2n) is 3.58. The number of carbonyl (C=O) groups excluding carboxylic acids is 1. The molecule has 1 aliphatic heterocycles. The molecular weight excluding hydrogens is 218 g/mol. The topological polar surface area (TPSA) is 64.4 Å². The van der Waals surface area contributed by atoms with Gasteiger partial charge in [0.2, 0.25) is 5.91 Å². The molecule has 1 atom stereocenters. The van der Waals surface area contributed by atoms with Gasteiger partial charge in [0.1, 0.15) is 23.9 Å². The SMILES string of the molecule is NC(=O)CC1COc2cc(F)cc(F)c2N1. The van der Waals surface area contributed by atoms with Crippen molar-refractivity contribution in [3.8, 4) is 5.75 Å². The summed E-state index contributed by atoms with van der Waals surface area (Å²) in [6, 6.07) is 1.46. The fourth-order valence-corrected chi connectivity index (χ4v) is 1.59. The van der Waals surface area contributed by atoms with Crippen molar-refractivity contribution in [1.82, 2.24) is 0 Å². The van der Waals surface area contributed by atoms with Gasteiger partial charge in [-0.2, -0.15) is 0 Å². The van der Waals surface area contributed by atoms with E-state index < -0.39 is 17.5 Å². The molecule has 4 nitrogen and oxygen atoms in total. The van der Waals surface area contributed by atoms with Crippen LogP contribution in [0.3, 0.4) is 0 Å². The van der Waals surface area contributed by atoms with Crippen LogP contribution >= 0.6 is 0 Å². The van der Waals surface area contributed by atoms with Crippen LogP contribution in [-0.2, 0) is 4.79 Å². The molecule has 1 aromatic carbocycles. The van der Waals surface area contributed by atoms with Gasteiger partial charge in [-0.1, -0.05) is 0 Å². The molecule has 0 saturated carbocycles. The fraction of sp³-hybridized carbons (Fsp3) is 0.300. The fourth-order valence-electron chi connectivity index (χ4n) is 1.59. The second kappa shape index (κ2) is 3.96. The van der Waals surface area contributed by atoms with E-state index in [0.717, 1.165) is 12.1 Å². The van der Waals surface area contributed by atoms with Crippen molar-refractivity contribution in [2.75, 3.05) is 11.9 Å². The first-order chi connectivity index (χ1) is 7.56. The van der Waals surface area contributed by atoms with Crippen molar-refractivity contribution in [3.63, 3.8) is 0 Å². The van der Waals surface area contributed by atoms with Gasteiger partial charge in [-0.3, -0.25) is 4.79 Å². The molecule has 0 spiro atoms. The summed E-state index contributed by atoms with van der Waals surface area (Å²) >= 11 is 0. The highest BCUT2D eigenvalue weighted by molar-refractivity contribution is 5.75. The lowest BCUT2D eigenvalue weighted by Crippen LogP contribution is -2.35. The minimum Gasteiger partial charge on any atom is -0.489 e. The van der Waals surface area contributed by atoms with Crippen LogP contribution in [0.15, 0.2) is 12.1 Å². The summed E-state index contributed by atoms with van der Waals surface area (Å²) in [5.41, 5.74) is 5.09. The Morgan fingerprint density at radius 1 is 1.56 bits per heavy atom. The molecule has 0 saturated heterocycles. The summed E-state index contributed by atoms with van der Waals surface area (Å²) in [5.74, 6) is -1.85. The van der Waals surface area contributed by atoms with Crippen LogP contribution < -0.4 is 15.8 Å². The van der Waals surface area contributed by atoms with Crippen LogP contribution in [-0.4, -0.2) is 18.6 Å². The van der Waals surface area contributed by atoms with Gasteiger partial charge in [0.05, 0.1) is 6.04 Å². The van der Waals surface area contributed by atoms with Crippen molar-refractivity contribution in [2.24, 2.45) is 5.73 Å². The van der Waals surface area contributed by atoms with Crippen molar-refractivity contribution in [2.45, 2.75) is 12.5 Å². The molecule has 2 rings (SSSR count). The Balaban J connectivity index is 2.23. The van der Waals surface area contributed by atoms with Gasteiger partial charge in [-0.15, -0.1) is 0 Å². The number of fused-ring (bicyclic) bond motifs is 1. The van der Waals surface area contributed by atoms with Crippen LogP contribution in [0.5, 0.6) is 5.75 Å². The number of nitrogens with two attached hydrogens (primary N) is 1. The minimum atomic E-state index is -0.746. The first kappa shape index (κ1) is 10.7. The predicted molar refractivity (Wildman–Crippen MR) is 53.1 cm³/mol. The zero-order chi connectivity index (χ0) is 11.7. The van der Waals surface area contributed by atoms with Gasteiger partial charge >= 0.3 is 0 Å². The summed E-state index contributed by atoms with van der Waals surface area (Å²) in [5, 5.41) is 2.76. The first-order valence-electron chi connectivity index (χ1n) is 4.73. The average Bonchev–Trinajstić information content (AvgIpc) is 2.18. The van der Waals surface area contributed by atoms with Crippen molar-refractivity contribution < 1.29 is 18.3 Å². The third-order valence-electron chi connectivity index (χ3n) is 2.25. The van der Waals surface area contributed by atoms with Crippen LogP contribution in [0.4, 0.5) is 14.5 Å². The number of halogens is 2. The van der Waals surface area contributed by atoms with E-state index in [0.29, 0.717) is 0 Å². The average molecular weight is 228 g/mol. The number of primary amides is 1. The normalized spacial score (nSPS) is 18.2. The zero-order valence-corrected chi connectivity index (χ0v) is 8.30. The molecule has 86 valence electrons. The van der Waals surface area contributed by atoms with E-state index in [1.165, 1.54) is 0 Å². The molecular formula is C10H10F2N2O2. The summed E-state index contributed by atoms with van der Waals surface area (Å²) in [6.45, 7) is 0.152. The van der Waals surface area contributed by atoms with Crippen LogP contribution in [0, 0.1) is 11.6 Å². The Hall–Kier alpha value is -1.85. The summed E-state index contributed by atoms with van der Waals surface area (Å²) in [6.07, 6.45) is 0.0380. The van der Waals surface area contributed by atoms with E-state index >= 15 is 0 Å². The molecule has 1 amide bonds. The third kappa shape index (κ3) is 2.05. The van der Waals surface area contributed by atoms with Crippen molar-refractivity contribution >= 4 is 11.6 Å². The zero-order valence-electron chi connectivity index (χ0n) is 8.30. The summed E-state index contributed by atoms with van der Waals surface area (Å²) < 4.78 is 31.3. The Labute approximate surface area is 90.4 Å². The Morgan fingerprint density at radius 3 is 3.00 bits per heavy atom. The van der Waals surface area contributed by atoms with Crippen molar-refractivity contribution in [1.29, 1.82) is 0 Å². The Kier molecular flexibility index (Phi) is 2.64. The van der Waals surface area contributed by atoms with E-state index in [1.54, 1.807) is 0 Å². The number of ether oxygens (including phenoxy) is 1. The minimum absolute atomic E-state index is 0.0380. The van der Waals surface area contributed by atoms with E-state index in [2.05, 4.69) is 5.32 Å². The molecule has 1 heterocycles. The highest BCUT2D eigenvalue weighted by atomic mass is 19.1. The molecule has 0 aromatic heterocycles. The number of carbonyl (C=O) groups is 1. The number of hydrogen-bond acceptors (Lipinski definition) is 3. The Morgan fingerprint density at radius 2 is 2.31 bits per heavy atom. The number of nitrogens with one attached hydrogen (secondary N) is 1. The molecule has 1 unspecified atom stereocenters. The highest BCUT2D eigenvalue weighted by Gasteiger charge is 2.23. The van der Waals surface area contributed by atoms with E-state index in [1.807, 2.05) is 0 Å². The van der Waals surface area contributed by atoms with Crippen LogP contribution in [0.25, 0.3) is 0 Å². The molecule has 1 aliphatic rings. The molecule has 1 aromatic rings. The summed E-state index contributed by atoms with van der Waals surface area (Å²) in [4.78, 5) is 10.7. The largest absolute Gasteiger partial charge is 0.489 e. The maximum Gasteiger partial charge on any atom is 0.219 e. The molecule has 0 bridgehead atoms. The molecule has 16 heavy (non-hydrogen) atoms. The highest BCUT2D eigenvalue weighted by Crippen LogP contribution is 2.32. The maximum absolute atomic E-state index is 13.3. The van der Waals surface area contributed by atoms with Gasteiger partial charge in [0, 0.05) is 18.6 Å². The second-order valence-corrected chi connectivity index (χ2v) is 3.58. The standard InChI is InChI=1S/C10H10F2N2O2/c11-5-1-7(12)10-8(2-5)16-4-6(14-10)3-9(13)15/h1-2,6,14H,3-4H2,(H2,13,15). The van der Waals surface area contributed by atoms with Crippen LogP contribution in [0.1, 0.15) is 6.42 Å². The van der Waals surface area contributed by atoms with Crippen molar-refractivity contribution in [3.05, 3.63) is 23.8 Å². The van der Waals surface area contributed by atoms with Gasteiger partial charge in [-0.05, 0) is 0 Å². The first-order valence-corrected chi connectivity index (χ1v) is 4.73. The van der Waals surface area contributed by atoms with Gasteiger partial charge < -0.3 is 15.8 Å². The lowest BCUT2D eigenvalue weighted by molar-refractivity contribution is -0.118. The Bertz CT molecular complexity index is 437. The quantitative estimate of drug-likeness (QED) is 0.794. The molecule has 6 heteroatoms. The van der Waals surface area contributed by atoms with Gasteiger partial charge in [0.25, 0.3) is 0 Å². The molecule has 3 N–H and O–H groups in total. The predicted octanol–water partition coefficient (Wildman–Crippen LogP) is 1.01. The van der Waals surface area contributed by atoms with Gasteiger partial charge in [0.15, 0.2) is 5.82 Å². The van der Waals surface area contributed by atoms with Gasteiger partial charge in [-0.25, -0.2) is 8.78 Å². The molecule has 0 radical (unpaired) electrons. The monoisotopic (exact) mass is 228 g/mol. The molecule has 0 fully saturated rings. The third-order valence-corrected chi connectivity index (χ3v) is 2.25. The molecule has 0 aliphatic carbocycles. The number of rotatable bonds is 2. The summed E-state index contributed by atoms with van der Waals surface area (Å²) in [7, 11) is 0. The lowest BCUT2D eigenvalue weighted by atomic mass is 10.1. The number of benzene rings is 1. The number of hydrogen-bond donors (Lipinski definition) is 2. The van der Waals surface area contributed by atoms with Crippen LogP contribution in [0.2, 0.25) is 0 Å². The lowest BCUT2D eigenvalue weighted by Gasteiger charge is -2.26. The smallest absolute Gasteiger partial charge is 0.219 e. The van der Waals surface area contributed by atoms with E-state index in [-0.39, 0.29) is 30.5 Å². The maximum atomic E-state index is 13.3. The number of amides is 1. The number of anilines is 1.